The van der Waals surface area contributed by atoms with Gasteiger partial charge in [0.2, 0.25) is 10.0 Å². The highest BCUT2D eigenvalue weighted by Crippen LogP contribution is 2.25. The van der Waals surface area contributed by atoms with E-state index in [9.17, 15) is 12.8 Å². The van der Waals surface area contributed by atoms with Gasteiger partial charge < -0.3 is 5.32 Å². The van der Waals surface area contributed by atoms with Gasteiger partial charge in [0.05, 0.1) is 6.20 Å². The van der Waals surface area contributed by atoms with Gasteiger partial charge >= 0.3 is 0 Å². The third kappa shape index (κ3) is 3.78. The average Bonchev–Trinajstić information content (AvgIpc) is 2.47. The summed E-state index contributed by atoms with van der Waals surface area (Å²) in [7, 11) is -3.66. The van der Waals surface area contributed by atoms with E-state index in [1.807, 2.05) is 6.92 Å². The smallest absolute Gasteiger partial charge is 0.244 e. The lowest BCUT2D eigenvalue weighted by Gasteiger charge is -2.35. The van der Waals surface area contributed by atoms with E-state index in [0.29, 0.717) is 13.1 Å². The van der Waals surface area contributed by atoms with Crippen LogP contribution >= 0.6 is 0 Å². The maximum Gasteiger partial charge on any atom is 0.244 e. The molecule has 1 N–H and O–H groups in total. The van der Waals surface area contributed by atoms with Gasteiger partial charge in [-0.1, -0.05) is 6.92 Å². The molecule has 7 heteroatoms. The third-order valence-electron chi connectivity index (χ3n) is 3.97. The van der Waals surface area contributed by atoms with Crippen molar-refractivity contribution in [1.29, 1.82) is 0 Å². The summed E-state index contributed by atoms with van der Waals surface area (Å²) in [6.45, 7) is 5.92. The van der Waals surface area contributed by atoms with Crippen molar-refractivity contribution in [3.63, 3.8) is 0 Å². The Bertz CT molecular complexity index is 579. The highest BCUT2D eigenvalue weighted by Gasteiger charge is 2.32. The van der Waals surface area contributed by atoms with Crippen LogP contribution in [-0.4, -0.2) is 43.4 Å². The van der Waals surface area contributed by atoms with Gasteiger partial charge in [0.25, 0.3) is 0 Å². The zero-order valence-electron chi connectivity index (χ0n) is 12.4. The topological polar surface area (TPSA) is 62.3 Å². The highest BCUT2D eigenvalue weighted by atomic mass is 32.2. The van der Waals surface area contributed by atoms with Crippen molar-refractivity contribution in [2.24, 2.45) is 5.92 Å². The standard InChI is InChI=1S/C14H22FN3O2S/c1-3-17-11(2)12-5-4-6-18(10-12)21(19,20)14-7-13(15)8-16-9-14/h7-9,11-12,17H,3-6,10H2,1-2H3. The van der Waals surface area contributed by atoms with Gasteiger partial charge in [-0.3, -0.25) is 4.98 Å². The number of aromatic nitrogens is 1. The normalized spacial score (nSPS) is 22.1. The largest absolute Gasteiger partial charge is 0.314 e. The van der Waals surface area contributed by atoms with E-state index in [1.54, 1.807) is 0 Å². The van der Waals surface area contributed by atoms with Gasteiger partial charge in [0, 0.05) is 25.3 Å². The molecule has 2 rings (SSSR count). The van der Waals surface area contributed by atoms with Crippen molar-refractivity contribution in [2.45, 2.75) is 37.6 Å². The Hall–Kier alpha value is -1.05. The molecule has 1 aliphatic heterocycles. The van der Waals surface area contributed by atoms with E-state index in [4.69, 9.17) is 0 Å². The Kier molecular flexibility index (Phi) is 5.29. The van der Waals surface area contributed by atoms with Crippen molar-refractivity contribution >= 4 is 10.0 Å². The number of pyridine rings is 1. The van der Waals surface area contributed by atoms with E-state index in [0.717, 1.165) is 31.6 Å². The van der Waals surface area contributed by atoms with Crippen LogP contribution in [0, 0.1) is 11.7 Å². The maximum atomic E-state index is 13.2. The molecule has 1 aromatic rings. The molecule has 0 amide bonds. The lowest BCUT2D eigenvalue weighted by Crippen LogP contribution is -2.46. The van der Waals surface area contributed by atoms with Crippen molar-refractivity contribution in [3.8, 4) is 0 Å². The molecule has 0 aromatic carbocycles. The van der Waals surface area contributed by atoms with Crippen LogP contribution in [0.25, 0.3) is 0 Å². The fourth-order valence-electron chi connectivity index (χ4n) is 2.77. The Morgan fingerprint density at radius 3 is 2.95 bits per heavy atom. The molecule has 118 valence electrons. The molecule has 2 unspecified atom stereocenters. The summed E-state index contributed by atoms with van der Waals surface area (Å²) in [5.41, 5.74) is 0. The summed E-state index contributed by atoms with van der Waals surface area (Å²) in [5, 5.41) is 3.34. The first kappa shape index (κ1) is 16.3. The molecule has 2 atom stereocenters. The third-order valence-corrected chi connectivity index (χ3v) is 5.80. The zero-order valence-corrected chi connectivity index (χ0v) is 13.2. The monoisotopic (exact) mass is 315 g/mol. The summed E-state index contributed by atoms with van der Waals surface area (Å²) >= 11 is 0. The van der Waals surface area contributed by atoms with Gasteiger partial charge in [-0.2, -0.15) is 4.31 Å². The second-order valence-corrected chi connectivity index (χ2v) is 7.39. The summed E-state index contributed by atoms with van der Waals surface area (Å²) in [6.07, 6.45) is 4.03. The second kappa shape index (κ2) is 6.81. The summed E-state index contributed by atoms with van der Waals surface area (Å²) < 4.78 is 39.8. The highest BCUT2D eigenvalue weighted by molar-refractivity contribution is 7.89. The van der Waals surface area contributed by atoms with Gasteiger partial charge in [-0.25, -0.2) is 12.8 Å². The lowest BCUT2D eigenvalue weighted by molar-refractivity contribution is 0.225. The molecule has 0 aliphatic carbocycles. The SMILES string of the molecule is CCNC(C)C1CCCN(S(=O)(=O)c2cncc(F)c2)C1. The van der Waals surface area contributed by atoms with E-state index >= 15 is 0 Å². The van der Waals surface area contributed by atoms with Crippen LogP contribution < -0.4 is 5.32 Å². The molecule has 0 bridgehead atoms. The zero-order chi connectivity index (χ0) is 15.5. The summed E-state index contributed by atoms with van der Waals surface area (Å²) in [6, 6.07) is 1.29. The van der Waals surface area contributed by atoms with Crippen LogP contribution in [0.2, 0.25) is 0 Å². The Labute approximate surface area is 125 Å². The van der Waals surface area contributed by atoms with Gasteiger partial charge in [-0.15, -0.1) is 0 Å². The summed E-state index contributed by atoms with van der Waals surface area (Å²) in [4.78, 5) is 3.57. The Morgan fingerprint density at radius 2 is 2.29 bits per heavy atom. The number of sulfonamides is 1. The Balaban J connectivity index is 2.16. The van der Waals surface area contributed by atoms with Crippen LogP contribution in [0.15, 0.2) is 23.4 Å². The predicted molar refractivity (Wildman–Crippen MR) is 78.8 cm³/mol. The molecule has 0 saturated carbocycles. The number of halogens is 1. The minimum absolute atomic E-state index is 0.0701. The van der Waals surface area contributed by atoms with E-state index in [2.05, 4.69) is 17.2 Å². The minimum Gasteiger partial charge on any atom is -0.314 e. The predicted octanol–water partition coefficient (Wildman–Crippen LogP) is 1.62. The molecule has 1 aromatic heterocycles. The Morgan fingerprint density at radius 1 is 1.52 bits per heavy atom. The minimum atomic E-state index is -3.66. The molecule has 1 fully saturated rings. The van der Waals surface area contributed by atoms with Gasteiger partial charge in [0.1, 0.15) is 10.7 Å². The van der Waals surface area contributed by atoms with Crippen molar-refractivity contribution in [1.82, 2.24) is 14.6 Å². The number of nitrogens with zero attached hydrogens (tertiary/aromatic N) is 2. The number of rotatable bonds is 5. The molecule has 1 aliphatic rings. The molecule has 2 heterocycles. The quantitative estimate of drug-likeness (QED) is 0.897. The lowest BCUT2D eigenvalue weighted by atomic mass is 9.93. The van der Waals surface area contributed by atoms with E-state index in [1.165, 1.54) is 10.5 Å². The number of nitrogens with one attached hydrogen (secondary N) is 1. The fraction of sp³-hybridized carbons (Fsp3) is 0.643. The second-order valence-electron chi connectivity index (χ2n) is 5.45. The molecule has 5 nitrogen and oxygen atoms in total. The van der Waals surface area contributed by atoms with Gasteiger partial charge in [0.15, 0.2) is 0 Å². The molecule has 1 saturated heterocycles. The first-order valence-electron chi connectivity index (χ1n) is 7.29. The summed E-state index contributed by atoms with van der Waals surface area (Å²) in [5.74, 6) is -0.361. The van der Waals surface area contributed by atoms with Crippen molar-refractivity contribution in [2.75, 3.05) is 19.6 Å². The molecule has 0 spiro atoms. The first-order valence-corrected chi connectivity index (χ1v) is 8.73. The molecule has 21 heavy (non-hydrogen) atoms. The fourth-order valence-corrected chi connectivity index (χ4v) is 4.28. The van der Waals surface area contributed by atoms with Crippen LogP contribution in [0.3, 0.4) is 0 Å². The van der Waals surface area contributed by atoms with E-state index < -0.39 is 15.8 Å². The average molecular weight is 315 g/mol. The molecule has 0 radical (unpaired) electrons. The molecular formula is C14H22FN3O2S. The first-order chi connectivity index (χ1) is 9.95. The van der Waals surface area contributed by atoms with Gasteiger partial charge in [-0.05, 0) is 38.3 Å². The number of hydrogen-bond donors (Lipinski definition) is 1. The van der Waals surface area contributed by atoms with Crippen molar-refractivity contribution in [3.05, 3.63) is 24.3 Å². The van der Waals surface area contributed by atoms with Crippen LogP contribution in [0.1, 0.15) is 26.7 Å². The molecular weight excluding hydrogens is 293 g/mol. The van der Waals surface area contributed by atoms with E-state index in [-0.39, 0.29) is 16.9 Å². The van der Waals surface area contributed by atoms with Crippen LogP contribution in [0.5, 0.6) is 0 Å². The van der Waals surface area contributed by atoms with Crippen molar-refractivity contribution < 1.29 is 12.8 Å². The maximum absolute atomic E-state index is 13.2. The van der Waals surface area contributed by atoms with Crippen LogP contribution in [0.4, 0.5) is 4.39 Å². The number of hydrogen-bond acceptors (Lipinski definition) is 4. The van der Waals surface area contributed by atoms with Crippen LogP contribution in [-0.2, 0) is 10.0 Å². The number of piperidine rings is 1.